The summed E-state index contributed by atoms with van der Waals surface area (Å²) in [7, 11) is -3.91. The van der Waals surface area contributed by atoms with Gasteiger partial charge in [-0.05, 0) is 78.4 Å². The van der Waals surface area contributed by atoms with Crippen LogP contribution in [0.2, 0.25) is 36.3 Å². The Morgan fingerprint density at radius 2 is 1.52 bits per heavy atom. The molecule has 7 heteroatoms. The molecule has 1 heterocycles. The molecule has 3 rings (SSSR count). The van der Waals surface area contributed by atoms with E-state index in [2.05, 4.69) is 114 Å². The monoisotopic (exact) mass is 648 g/mol. The summed E-state index contributed by atoms with van der Waals surface area (Å²) in [6.45, 7) is 33.0. The first-order chi connectivity index (χ1) is 20.0. The van der Waals surface area contributed by atoms with E-state index in [0.29, 0.717) is 24.2 Å². The predicted octanol–water partition coefficient (Wildman–Crippen LogP) is 10.2. The third-order valence-electron chi connectivity index (χ3n) is 11.5. The summed E-state index contributed by atoms with van der Waals surface area (Å²) in [5.41, 5.74) is 1.52. The van der Waals surface area contributed by atoms with E-state index in [9.17, 15) is 4.79 Å². The number of carbonyl (C=O) groups is 1. The minimum Gasteiger partial charge on any atom is -0.462 e. The Kier molecular flexibility index (Phi) is 12.1. The van der Waals surface area contributed by atoms with Gasteiger partial charge in [0, 0.05) is 18.8 Å². The molecule has 1 aliphatic heterocycles. The number of esters is 1. The minimum atomic E-state index is -1.97. The zero-order chi connectivity index (χ0) is 33.3. The van der Waals surface area contributed by atoms with Crippen LogP contribution in [0.5, 0.6) is 0 Å². The van der Waals surface area contributed by atoms with E-state index in [0.717, 1.165) is 45.1 Å². The van der Waals surface area contributed by atoms with Crippen LogP contribution < -0.4 is 0 Å². The first kappa shape index (κ1) is 37.7. The second kappa shape index (κ2) is 14.2. The number of hydrogen-bond acceptors (Lipinski definition) is 5. The van der Waals surface area contributed by atoms with Gasteiger partial charge in [-0.25, -0.2) is 0 Å². The van der Waals surface area contributed by atoms with Crippen molar-refractivity contribution in [3.63, 3.8) is 0 Å². The van der Waals surface area contributed by atoms with Gasteiger partial charge in [0.25, 0.3) is 0 Å². The molecular weight excluding hydrogens is 581 g/mol. The molecule has 1 fully saturated rings. The molecule has 44 heavy (non-hydrogen) atoms. The molecule has 0 bridgehead atoms. The maximum absolute atomic E-state index is 12.7. The van der Waals surface area contributed by atoms with Crippen LogP contribution in [0.25, 0.3) is 0 Å². The fraction of sp³-hybridized carbons (Fsp3) is 0.865. The molecule has 3 aliphatic rings. The fourth-order valence-corrected chi connectivity index (χ4v) is 9.46. The average molecular weight is 649 g/mol. The number of allylic oxidation sites excluding steroid dienone is 2. The molecule has 0 aromatic rings. The van der Waals surface area contributed by atoms with Crippen LogP contribution in [-0.4, -0.2) is 53.6 Å². The van der Waals surface area contributed by atoms with E-state index in [1.807, 2.05) is 0 Å². The Bertz CT molecular complexity index is 1030. The van der Waals surface area contributed by atoms with E-state index in [4.69, 9.17) is 18.3 Å². The SMILES string of the molecule is CCCC(C)(C)CO[C@H]1C[C@H](O[Si](C)(C)C(C)(C)C)C=C2C=C[C@@H](C)[C@H](CC[C@@H]3C[C@@H](O[Si](C)(C)C(C)(C)C)CC(=O)O3)[C@H]21. The van der Waals surface area contributed by atoms with Crippen molar-refractivity contribution in [1.82, 2.24) is 0 Å². The lowest BCUT2D eigenvalue weighted by atomic mass is 9.66. The Balaban J connectivity index is 1.81. The van der Waals surface area contributed by atoms with Gasteiger partial charge >= 0.3 is 5.97 Å². The maximum Gasteiger partial charge on any atom is 0.308 e. The predicted molar refractivity (Wildman–Crippen MR) is 189 cm³/mol. The minimum absolute atomic E-state index is 0.0407. The van der Waals surface area contributed by atoms with Gasteiger partial charge in [0.15, 0.2) is 16.6 Å². The van der Waals surface area contributed by atoms with Crippen LogP contribution in [-0.2, 0) is 23.1 Å². The van der Waals surface area contributed by atoms with Crippen molar-refractivity contribution in [3.8, 4) is 0 Å². The Labute approximate surface area is 273 Å². The smallest absolute Gasteiger partial charge is 0.308 e. The number of rotatable bonds is 12. The summed E-state index contributed by atoms with van der Waals surface area (Å²) in [5, 5.41) is 0.273. The second-order valence-corrected chi connectivity index (χ2v) is 27.6. The molecule has 0 unspecified atom stereocenters. The lowest BCUT2D eigenvalue weighted by Gasteiger charge is -2.47. The normalized spacial score (nSPS) is 30.5. The van der Waals surface area contributed by atoms with E-state index < -0.39 is 16.6 Å². The topological polar surface area (TPSA) is 54.0 Å². The van der Waals surface area contributed by atoms with Gasteiger partial charge in [-0.15, -0.1) is 0 Å². The zero-order valence-corrected chi connectivity index (χ0v) is 33.0. The van der Waals surface area contributed by atoms with Gasteiger partial charge in [0.1, 0.15) is 6.10 Å². The highest BCUT2D eigenvalue weighted by Gasteiger charge is 2.46. The summed E-state index contributed by atoms with van der Waals surface area (Å²) in [4.78, 5) is 12.7. The third-order valence-corrected chi connectivity index (χ3v) is 20.6. The van der Waals surface area contributed by atoms with Gasteiger partial charge in [0.2, 0.25) is 0 Å². The molecule has 2 aliphatic carbocycles. The second-order valence-electron chi connectivity index (χ2n) is 18.1. The summed E-state index contributed by atoms with van der Waals surface area (Å²) < 4.78 is 26.6. The summed E-state index contributed by atoms with van der Waals surface area (Å²) in [6.07, 6.45) is 13.5. The van der Waals surface area contributed by atoms with Crippen molar-refractivity contribution in [2.75, 3.05) is 6.61 Å². The van der Waals surface area contributed by atoms with E-state index >= 15 is 0 Å². The van der Waals surface area contributed by atoms with Crippen LogP contribution >= 0.6 is 0 Å². The molecule has 0 spiro atoms. The van der Waals surface area contributed by atoms with E-state index in [1.165, 1.54) is 5.57 Å². The average Bonchev–Trinajstić information content (AvgIpc) is 2.84. The lowest BCUT2D eigenvalue weighted by Crippen LogP contribution is -2.48. The molecule has 254 valence electrons. The number of fused-ring (bicyclic) bond motifs is 1. The standard InChI is InChI=1S/C37H68O5Si2/c1-15-20-37(9,10)25-39-32-23-29(41-43(11,12)35(3,4)5)21-27-17-16-26(2)31(34(27)32)19-18-28-22-30(24-33(38)40-28)42-44(13,14)36(6,7)8/h16-17,21,26,28-32,34H,15,18-20,22-25H2,1-14H3/t26-,28-,29-,30-,31+,32+,34+/m1/s1. The van der Waals surface area contributed by atoms with Crippen LogP contribution in [0.15, 0.2) is 23.8 Å². The van der Waals surface area contributed by atoms with Crippen molar-refractivity contribution in [2.24, 2.45) is 23.2 Å². The van der Waals surface area contributed by atoms with Gasteiger partial charge in [-0.1, -0.05) is 93.9 Å². The molecule has 7 atom stereocenters. The van der Waals surface area contributed by atoms with Crippen molar-refractivity contribution >= 4 is 22.6 Å². The van der Waals surface area contributed by atoms with E-state index in [1.54, 1.807) is 0 Å². The highest BCUT2D eigenvalue weighted by molar-refractivity contribution is 6.74. The third kappa shape index (κ3) is 9.65. The molecular formula is C37H68O5Si2. The molecule has 0 amide bonds. The Morgan fingerprint density at radius 3 is 2.11 bits per heavy atom. The first-order valence-corrected chi connectivity index (χ1v) is 23.4. The van der Waals surface area contributed by atoms with Gasteiger partial charge in [-0.2, -0.15) is 0 Å². The van der Waals surface area contributed by atoms with Gasteiger partial charge < -0.3 is 18.3 Å². The van der Waals surface area contributed by atoms with Crippen LogP contribution in [0, 0.1) is 23.2 Å². The fourth-order valence-electron chi connectivity index (χ4n) is 6.82. The van der Waals surface area contributed by atoms with Gasteiger partial charge in [-0.3, -0.25) is 4.79 Å². The molecule has 0 saturated carbocycles. The molecule has 0 radical (unpaired) electrons. The molecule has 0 N–H and O–H groups in total. The lowest BCUT2D eigenvalue weighted by molar-refractivity contribution is -0.160. The quantitative estimate of drug-likeness (QED) is 0.156. The largest absolute Gasteiger partial charge is 0.462 e. The van der Waals surface area contributed by atoms with Crippen LogP contribution in [0.3, 0.4) is 0 Å². The number of hydrogen-bond donors (Lipinski definition) is 0. The Morgan fingerprint density at radius 1 is 0.909 bits per heavy atom. The number of cyclic esters (lactones) is 1. The van der Waals surface area contributed by atoms with Crippen molar-refractivity contribution in [3.05, 3.63) is 23.8 Å². The number of carbonyl (C=O) groups excluding carboxylic acids is 1. The highest BCUT2D eigenvalue weighted by atomic mass is 28.4. The zero-order valence-electron chi connectivity index (χ0n) is 31.0. The molecule has 0 aromatic heterocycles. The maximum atomic E-state index is 12.7. The number of ether oxygens (including phenoxy) is 2. The highest BCUT2D eigenvalue weighted by Crippen LogP contribution is 2.47. The van der Waals surface area contributed by atoms with E-state index in [-0.39, 0.29) is 45.9 Å². The molecule has 0 aromatic carbocycles. The van der Waals surface area contributed by atoms with Crippen molar-refractivity contribution in [2.45, 2.75) is 175 Å². The molecule has 1 saturated heterocycles. The molecule has 5 nitrogen and oxygen atoms in total. The summed E-state index contributed by atoms with van der Waals surface area (Å²) >= 11 is 0. The summed E-state index contributed by atoms with van der Waals surface area (Å²) in [5.74, 6) is 1.08. The van der Waals surface area contributed by atoms with Gasteiger partial charge in [0.05, 0.1) is 31.3 Å². The van der Waals surface area contributed by atoms with Crippen LogP contribution in [0.1, 0.15) is 114 Å². The van der Waals surface area contributed by atoms with Crippen LogP contribution in [0.4, 0.5) is 0 Å². The van der Waals surface area contributed by atoms with Crippen molar-refractivity contribution < 1.29 is 23.1 Å². The Hall–Kier alpha value is -0.736. The van der Waals surface area contributed by atoms with Crippen molar-refractivity contribution in [1.29, 1.82) is 0 Å². The first-order valence-electron chi connectivity index (χ1n) is 17.6. The summed E-state index contributed by atoms with van der Waals surface area (Å²) in [6, 6.07) is 0.